The molecule has 1 saturated heterocycles. The maximum Gasteiger partial charge on any atom is 0.416 e. The molecule has 1 aromatic rings. The lowest BCUT2D eigenvalue weighted by Gasteiger charge is -2.28. The van der Waals surface area contributed by atoms with Crippen LogP contribution in [0.25, 0.3) is 0 Å². The highest BCUT2D eigenvalue weighted by atomic mass is 31.2. The average Bonchev–Trinajstić information content (AvgIpc) is 3.00. The number of carbonyl (C=O) groups is 2. The van der Waals surface area contributed by atoms with Crippen LogP contribution in [0.15, 0.2) is 18.2 Å². The number of aryl methyl sites for hydroxylation is 2. The van der Waals surface area contributed by atoms with Crippen molar-refractivity contribution in [3.8, 4) is 5.75 Å². The molecule has 30 heavy (non-hydrogen) atoms. The minimum atomic E-state index is -3.60. The second kappa shape index (κ2) is 10.3. The van der Waals surface area contributed by atoms with Gasteiger partial charge in [0.05, 0.1) is 12.6 Å². The number of esters is 1. The Morgan fingerprint density at radius 3 is 2.47 bits per heavy atom. The Balaban J connectivity index is 2.04. The Kier molecular flexibility index (Phi) is 8.29. The fourth-order valence-corrected chi connectivity index (χ4v) is 5.28. The number of carbonyl (C=O) groups excluding carboxylic acids is 2. The van der Waals surface area contributed by atoms with Gasteiger partial charge in [-0.1, -0.05) is 6.07 Å². The zero-order valence-electron chi connectivity index (χ0n) is 18.3. The number of ether oxygens (including phenoxy) is 4. The van der Waals surface area contributed by atoms with E-state index in [-0.39, 0.29) is 25.6 Å². The Hall–Kier alpha value is -2.09. The molecule has 0 saturated carbocycles. The summed E-state index contributed by atoms with van der Waals surface area (Å²) in [6.07, 6.45) is -1.94. The van der Waals surface area contributed by atoms with E-state index in [9.17, 15) is 14.2 Å². The van der Waals surface area contributed by atoms with Crippen LogP contribution in [0.1, 0.15) is 31.9 Å². The van der Waals surface area contributed by atoms with Gasteiger partial charge < -0.3 is 18.9 Å². The van der Waals surface area contributed by atoms with Crippen molar-refractivity contribution in [3.05, 3.63) is 29.3 Å². The molecule has 1 aliphatic heterocycles. The van der Waals surface area contributed by atoms with E-state index < -0.39 is 31.7 Å². The fraction of sp³-hybridized carbons (Fsp3) is 0.600. The van der Waals surface area contributed by atoms with E-state index in [0.717, 1.165) is 15.8 Å². The van der Waals surface area contributed by atoms with Gasteiger partial charge in [-0.05, 0) is 57.9 Å². The summed E-state index contributed by atoms with van der Waals surface area (Å²) in [5, 5.41) is 2.72. The van der Waals surface area contributed by atoms with Crippen LogP contribution in [-0.2, 0) is 23.6 Å². The normalized spacial score (nSPS) is 19.4. The number of rotatable bonds is 10. The molecular weight excluding hydrogens is 411 g/mol. The quantitative estimate of drug-likeness (QED) is 0.435. The van der Waals surface area contributed by atoms with Gasteiger partial charge in [0.1, 0.15) is 24.7 Å². The monoisotopic (exact) mass is 442 g/mol. The molecule has 0 aliphatic carbocycles. The summed E-state index contributed by atoms with van der Waals surface area (Å²) in [4.78, 5) is 24.5. The SMILES string of the molecule is COCP(=O)(N[C@@H](C)C(=O)OC(C)C)N1CC(COc2cc(C)cc(C)c2)OC1=O. The maximum atomic E-state index is 13.5. The van der Waals surface area contributed by atoms with E-state index in [2.05, 4.69) is 5.09 Å². The first-order valence-electron chi connectivity index (χ1n) is 9.80. The molecule has 0 radical (unpaired) electrons. The highest BCUT2D eigenvalue weighted by Crippen LogP contribution is 2.48. The van der Waals surface area contributed by atoms with Gasteiger partial charge in [0, 0.05) is 7.11 Å². The molecule has 0 bridgehead atoms. The summed E-state index contributed by atoms with van der Waals surface area (Å²) < 4.78 is 35.9. The first-order chi connectivity index (χ1) is 14.0. The van der Waals surface area contributed by atoms with Gasteiger partial charge in [-0.2, -0.15) is 0 Å². The van der Waals surface area contributed by atoms with E-state index in [4.69, 9.17) is 18.9 Å². The maximum absolute atomic E-state index is 13.5. The van der Waals surface area contributed by atoms with Crippen LogP contribution in [0.4, 0.5) is 4.79 Å². The van der Waals surface area contributed by atoms with Crippen LogP contribution in [0.5, 0.6) is 5.75 Å². The van der Waals surface area contributed by atoms with E-state index in [0.29, 0.717) is 5.75 Å². The molecule has 0 spiro atoms. The molecule has 10 heteroatoms. The number of methoxy groups -OCH3 is 1. The van der Waals surface area contributed by atoms with Gasteiger partial charge in [-0.3, -0.25) is 9.36 Å². The zero-order chi connectivity index (χ0) is 22.5. The Bertz CT molecular complexity index is 794. The molecule has 9 nitrogen and oxygen atoms in total. The number of amides is 1. The zero-order valence-corrected chi connectivity index (χ0v) is 19.2. The van der Waals surface area contributed by atoms with E-state index in [1.54, 1.807) is 13.8 Å². The van der Waals surface area contributed by atoms with E-state index >= 15 is 0 Å². The molecule has 1 N–H and O–H groups in total. The Labute approximate surface area is 177 Å². The topological polar surface area (TPSA) is 103 Å². The van der Waals surface area contributed by atoms with Gasteiger partial charge in [0.2, 0.25) is 0 Å². The summed E-state index contributed by atoms with van der Waals surface area (Å²) >= 11 is 0. The molecule has 2 rings (SSSR count). The Morgan fingerprint density at radius 2 is 1.90 bits per heavy atom. The van der Waals surface area contributed by atoms with Crippen LogP contribution >= 0.6 is 7.44 Å². The van der Waals surface area contributed by atoms with Crippen LogP contribution in [-0.4, -0.2) is 61.6 Å². The molecule has 1 aromatic carbocycles. The highest BCUT2D eigenvalue weighted by Gasteiger charge is 2.45. The summed E-state index contributed by atoms with van der Waals surface area (Å²) in [6, 6.07) is 4.91. The first kappa shape index (κ1) is 24.2. The molecule has 2 unspecified atom stereocenters. The number of hydrogen-bond acceptors (Lipinski definition) is 7. The van der Waals surface area contributed by atoms with Crippen molar-refractivity contribution < 1.29 is 33.1 Å². The second-order valence-corrected chi connectivity index (χ2v) is 10.1. The number of cyclic esters (lactones) is 1. The summed E-state index contributed by atoms with van der Waals surface area (Å²) in [6.45, 7) is 9.06. The minimum Gasteiger partial charge on any atom is -0.490 e. The largest absolute Gasteiger partial charge is 0.490 e. The van der Waals surface area contributed by atoms with Crippen LogP contribution in [0.3, 0.4) is 0 Å². The van der Waals surface area contributed by atoms with E-state index in [1.165, 1.54) is 14.0 Å². The lowest BCUT2D eigenvalue weighted by atomic mass is 10.1. The van der Waals surface area contributed by atoms with Crippen molar-refractivity contribution in [3.63, 3.8) is 0 Å². The minimum absolute atomic E-state index is 0.0449. The summed E-state index contributed by atoms with van der Waals surface area (Å²) in [7, 11) is -2.23. The average molecular weight is 442 g/mol. The molecule has 1 fully saturated rings. The molecule has 0 aromatic heterocycles. The van der Waals surface area contributed by atoms with Crippen molar-refractivity contribution in [2.45, 2.75) is 52.9 Å². The van der Waals surface area contributed by atoms with Crippen LogP contribution < -0.4 is 9.82 Å². The molecule has 168 valence electrons. The third kappa shape index (κ3) is 6.45. The lowest BCUT2D eigenvalue weighted by Crippen LogP contribution is -2.40. The van der Waals surface area contributed by atoms with Crippen LogP contribution in [0, 0.1) is 13.8 Å². The molecule has 1 heterocycles. The summed E-state index contributed by atoms with van der Waals surface area (Å²) in [5.41, 5.74) is 2.12. The highest BCUT2D eigenvalue weighted by molar-refractivity contribution is 7.60. The standard InChI is InChI=1S/C20H31N2O7P/c1-13(2)28-19(23)16(5)21-30(25,12-26-6)22-10-18(29-20(22)24)11-27-17-8-14(3)7-15(4)9-17/h7-9,13,16,18H,10-12H2,1-6H3,(H,21,25)/t16-,18?,30?/m0/s1. The van der Waals surface area contributed by atoms with Crippen molar-refractivity contribution in [1.29, 1.82) is 0 Å². The molecule has 1 aliphatic rings. The van der Waals surface area contributed by atoms with Crippen LogP contribution in [0.2, 0.25) is 0 Å². The fourth-order valence-electron chi connectivity index (χ4n) is 3.11. The van der Waals surface area contributed by atoms with Crippen molar-refractivity contribution in [2.75, 3.05) is 26.6 Å². The molecule has 3 atom stereocenters. The second-order valence-electron chi connectivity index (χ2n) is 7.68. The number of benzene rings is 1. The van der Waals surface area contributed by atoms with Crippen molar-refractivity contribution >= 4 is 19.5 Å². The predicted molar refractivity (Wildman–Crippen MR) is 112 cm³/mol. The number of hydrogen-bond donors (Lipinski definition) is 1. The third-order valence-electron chi connectivity index (χ3n) is 4.28. The first-order valence-corrected chi connectivity index (χ1v) is 11.6. The van der Waals surface area contributed by atoms with Gasteiger partial charge in [0.15, 0.2) is 6.10 Å². The van der Waals surface area contributed by atoms with Crippen molar-refractivity contribution in [2.24, 2.45) is 0 Å². The number of nitrogens with zero attached hydrogens (tertiary/aromatic N) is 1. The smallest absolute Gasteiger partial charge is 0.416 e. The number of nitrogens with one attached hydrogen (secondary N) is 1. The van der Waals surface area contributed by atoms with Gasteiger partial charge in [-0.25, -0.2) is 14.6 Å². The predicted octanol–water partition coefficient (Wildman–Crippen LogP) is 3.23. The van der Waals surface area contributed by atoms with Gasteiger partial charge in [0.25, 0.3) is 7.44 Å². The van der Waals surface area contributed by atoms with Gasteiger partial charge in [-0.15, -0.1) is 0 Å². The lowest BCUT2D eigenvalue weighted by molar-refractivity contribution is -0.149. The van der Waals surface area contributed by atoms with Gasteiger partial charge >= 0.3 is 12.1 Å². The summed E-state index contributed by atoms with van der Waals surface area (Å²) in [5.74, 6) is 0.105. The molecular formula is C20H31N2O7P. The third-order valence-corrected chi connectivity index (χ3v) is 6.79. The Morgan fingerprint density at radius 1 is 1.27 bits per heavy atom. The van der Waals surface area contributed by atoms with Crippen molar-refractivity contribution in [1.82, 2.24) is 9.76 Å². The molecule has 1 amide bonds. The van der Waals surface area contributed by atoms with E-state index in [1.807, 2.05) is 32.0 Å².